The van der Waals surface area contributed by atoms with E-state index >= 15 is 0 Å². The molecule has 0 atom stereocenters. The average molecular weight is 369 g/mol. The number of carbonyl (C=O) groups is 1. The molecule has 142 valence electrons. The van der Waals surface area contributed by atoms with Gasteiger partial charge in [0.2, 0.25) is 5.91 Å². The van der Waals surface area contributed by atoms with E-state index in [0.717, 1.165) is 37.4 Å². The van der Waals surface area contributed by atoms with Gasteiger partial charge < -0.3 is 14.5 Å². The van der Waals surface area contributed by atoms with E-state index in [1.54, 1.807) is 29.2 Å². The van der Waals surface area contributed by atoms with Crippen LogP contribution in [-0.2, 0) is 16.1 Å². The van der Waals surface area contributed by atoms with Crippen molar-refractivity contribution in [2.75, 3.05) is 45.9 Å². The van der Waals surface area contributed by atoms with Crippen molar-refractivity contribution in [2.24, 2.45) is 5.92 Å². The first-order valence-electron chi connectivity index (χ1n) is 9.25. The number of pyridine rings is 1. The molecule has 0 aliphatic carbocycles. The van der Waals surface area contributed by atoms with Gasteiger partial charge in [-0.3, -0.25) is 14.6 Å². The molecule has 1 amide bonds. The lowest BCUT2D eigenvalue weighted by Crippen LogP contribution is -2.53. The van der Waals surface area contributed by atoms with Crippen LogP contribution in [-0.4, -0.2) is 76.4 Å². The Labute approximate surface area is 157 Å². The Morgan fingerprint density at radius 3 is 2.81 bits per heavy atom. The summed E-state index contributed by atoms with van der Waals surface area (Å²) in [5, 5.41) is 4.50. The zero-order valence-electron chi connectivity index (χ0n) is 15.2. The second-order valence-corrected chi connectivity index (χ2v) is 7.04. The molecule has 2 aromatic rings. The van der Waals surface area contributed by atoms with E-state index < -0.39 is 0 Å². The molecule has 8 heteroatoms. The zero-order chi connectivity index (χ0) is 18.6. The Balaban J connectivity index is 1.30. The van der Waals surface area contributed by atoms with Crippen LogP contribution in [0.25, 0.3) is 11.3 Å². The van der Waals surface area contributed by atoms with Gasteiger partial charge in [0, 0.05) is 62.7 Å². The number of aromatic nitrogens is 3. The summed E-state index contributed by atoms with van der Waals surface area (Å²) in [5.41, 5.74) is 1.57. The standard InChI is InChI=1S/C19H23N5O3/c25-18-4-3-17(16-2-1-5-20-10-16)21-24(18)13-15-11-22(12-15)6-7-23-8-9-27-14-19(23)26/h1-5,10,15H,6-9,11-14H2. The van der Waals surface area contributed by atoms with Gasteiger partial charge >= 0.3 is 0 Å². The van der Waals surface area contributed by atoms with Crippen LogP contribution in [0.5, 0.6) is 0 Å². The Kier molecular flexibility index (Phi) is 5.26. The molecule has 8 nitrogen and oxygen atoms in total. The van der Waals surface area contributed by atoms with Gasteiger partial charge in [0.25, 0.3) is 5.56 Å². The Morgan fingerprint density at radius 1 is 1.15 bits per heavy atom. The second-order valence-electron chi connectivity index (χ2n) is 7.04. The van der Waals surface area contributed by atoms with Crippen molar-refractivity contribution < 1.29 is 9.53 Å². The SMILES string of the molecule is O=C1COCCN1CCN1CC(Cn2nc(-c3cccnc3)ccc2=O)C1. The Bertz CT molecular complexity index is 848. The molecule has 2 fully saturated rings. The summed E-state index contributed by atoms with van der Waals surface area (Å²) < 4.78 is 6.70. The van der Waals surface area contributed by atoms with Crippen molar-refractivity contribution in [1.29, 1.82) is 0 Å². The largest absolute Gasteiger partial charge is 0.370 e. The Hall–Kier alpha value is -2.58. The molecule has 0 saturated carbocycles. The fourth-order valence-electron chi connectivity index (χ4n) is 3.52. The first kappa shape index (κ1) is 17.8. The molecule has 2 aliphatic heterocycles. The van der Waals surface area contributed by atoms with Crippen molar-refractivity contribution in [3.63, 3.8) is 0 Å². The number of amides is 1. The molecular weight excluding hydrogens is 346 g/mol. The van der Waals surface area contributed by atoms with E-state index in [4.69, 9.17) is 4.74 Å². The number of rotatable bonds is 6. The monoisotopic (exact) mass is 369 g/mol. The predicted molar refractivity (Wildman–Crippen MR) is 99.1 cm³/mol. The average Bonchev–Trinajstić information content (AvgIpc) is 2.67. The molecule has 4 heterocycles. The van der Waals surface area contributed by atoms with Crippen molar-refractivity contribution in [3.05, 3.63) is 47.0 Å². The summed E-state index contributed by atoms with van der Waals surface area (Å²) in [4.78, 5) is 32.2. The third-order valence-corrected chi connectivity index (χ3v) is 5.06. The second kappa shape index (κ2) is 7.98. The Morgan fingerprint density at radius 2 is 2.04 bits per heavy atom. The summed E-state index contributed by atoms with van der Waals surface area (Å²) in [6, 6.07) is 7.09. The highest BCUT2D eigenvalue weighted by atomic mass is 16.5. The predicted octanol–water partition coefficient (Wildman–Crippen LogP) is 0.0959. The van der Waals surface area contributed by atoms with Crippen LogP contribution in [0.1, 0.15) is 0 Å². The molecule has 0 bridgehead atoms. The van der Waals surface area contributed by atoms with Crippen molar-refractivity contribution in [1.82, 2.24) is 24.6 Å². The summed E-state index contributed by atoms with van der Waals surface area (Å²) in [6.45, 7) is 5.55. The van der Waals surface area contributed by atoms with Gasteiger partial charge in [0.15, 0.2) is 0 Å². The molecule has 27 heavy (non-hydrogen) atoms. The lowest BCUT2D eigenvalue weighted by Gasteiger charge is -2.40. The highest BCUT2D eigenvalue weighted by Gasteiger charge is 2.28. The zero-order valence-corrected chi connectivity index (χ0v) is 15.2. The van der Waals surface area contributed by atoms with E-state index in [9.17, 15) is 9.59 Å². The van der Waals surface area contributed by atoms with Crippen LogP contribution < -0.4 is 5.56 Å². The highest BCUT2D eigenvalue weighted by Crippen LogP contribution is 2.18. The molecule has 0 unspecified atom stereocenters. The highest BCUT2D eigenvalue weighted by molar-refractivity contribution is 5.77. The lowest BCUT2D eigenvalue weighted by molar-refractivity contribution is -0.143. The maximum absolute atomic E-state index is 12.1. The van der Waals surface area contributed by atoms with Crippen molar-refractivity contribution in [2.45, 2.75) is 6.54 Å². The molecule has 0 radical (unpaired) electrons. The molecule has 2 saturated heterocycles. The molecule has 2 aromatic heterocycles. The van der Waals surface area contributed by atoms with Gasteiger partial charge in [0.1, 0.15) is 6.61 Å². The van der Waals surface area contributed by atoms with Gasteiger partial charge in [0.05, 0.1) is 18.8 Å². The number of likely N-dealkylation sites (tertiary alicyclic amines) is 1. The first-order valence-corrected chi connectivity index (χ1v) is 9.25. The lowest BCUT2D eigenvalue weighted by atomic mass is 10.0. The third-order valence-electron chi connectivity index (χ3n) is 5.06. The number of nitrogens with zero attached hydrogens (tertiary/aromatic N) is 5. The molecule has 0 aromatic carbocycles. The van der Waals surface area contributed by atoms with E-state index in [-0.39, 0.29) is 18.1 Å². The number of morpholine rings is 1. The van der Waals surface area contributed by atoms with Crippen molar-refractivity contribution >= 4 is 5.91 Å². The van der Waals surface area contributed by atoms with Crippen LogP contribution in [0.4, 0.5) is 0 Å². The minimum atomic E-state index is -0.0833. The van der Waals surface area contributed by atoms with Gasteiger partial charge in [-0.1, -0.05) is 0 Å². The van der Waals surface area contributed by atoms with Crippen LogP contribution in [0.15, 0.2) is 41.5 Å². The van der Waals surface area contributed by atoms with Crippen LogP contribution >= 0.6 is 0 Å². The smallest absolute Gasteiger partial charge is 0.266 e. The van der Waals surface area contributed by atoms with Crippen LogP contribution in [0.2, 0.25) is 0 Å². The number of carbonyl (C=O) groups excluding carboxylic acids is 1. The molecule has 0 spiro atoms. The van der Waals surface area contributed by atoms with Gasteiger partial charge in [-0.25, -0.2) is 4.68 Å². The van der Waals surface area contributed by atoms with Gasteiger partial charge in [-0.2, -0.15) is 5.10 Å². The number of hydrogen-bond acceptors (Lipinski definition) is 6. The fraction of sp³-hybridized carbons (Fsp3) is 0.474. The minimum absolute atomic E-state index is 0.0706. The summed E-state index contributed by atoms with van der Waals surface area (Å²) in [7, 11) is 0. The van der Waals surface area contributed by atoms with Crippen LogP contribution in [0, 0.1) is 5.92 Å². The third kappa shape index (κ3) is 4.23. The molecule has 2 aliphatic rings. The minimum Gasteiger partial charge on any atom is -0.370 e. The van der Waals surface area contributed by atoms with Crippen molar-refractivity contribution in [3.8, 4) is 11.3 Å². The summed E-state index contributed by atoms with van der Waals surface area (Å²) >= 11 is 0. The van der Waals surface area contributed by atoms with Gasteiger partial charge in [-0.15, -0.1) is 0 Å². The summed E-state index contributed by atoms with van der Waals surface area (Å²) in [6.07, 6.45) is 3.46. The summed E-state index contributed by atoms with van der Waals surface area (Å²) in [5.74, 6) is 0.473. The van der Waals surface area contributed by atoms with E-state index in [2.05, 4.69) is 15.0 Å². The fourth-order valence-corrected chi connectivity index (χ4v) is 3.52. The molecule has 4 rings (SSSR count). The quantitative estimate of drug-likeness (QED) is 0.718. The van der Waals surface area contributed by atoms with E-state index in [1.807, 2.05) is 17.0 Å². The molecule has 0 N–H and O–H groups in total. The topological polar surface area (TPSA) is 80.6 Å². The normalized spacial score (nSPS) is 18.5. The maximum Gasteiger partial charge on any atom is 0.266 e. The van der Waals surface area contributed by atoms with Gasteiger partial charge in [-0.05, 0) is 18.2 Å². The number of hydrogen-bond donors (Lipinski definition) is 0. The maximum atomic E-state index is 12.1. The molecular formula is C19H23N5O3. The van der Waals surface area contributed by atoms with E-state index in [0.29, 0.717) is 25.6 Å². The first-order chi connectivity index (χ1) is 13.2. The van der Waals surface area contributed by atoms with E-state index in [1.165, 1.54) is 0 Å². The van der Waals surface area contributed by atoms with Crippen LogP contribution in [0.3, 0.4) is 0 Å². The number of ether oxygens (including phenoxy) is 1.